The number of esters is 1. The number of carbonyl (C=O) groups excluding carboxylic acids is 1. The number of ether oxygens (including phenoxy) is 1. The molecule has 0 aliphatic rings. The lowest BCUT2D eigenvalue weighted by Crippen LogP contribution is -2.26. The van der Waals surface area contributed by atoms with Gasteiger partial charge in [-0.3, -0.25) is 0 Å². The van der Waals surface area contributed by atoms with Crippen LogP contribution in [0.1, 0.15) is 25.5 Å². The molecule has 0 bridgehead atoms. The molecule has 1 atom stereocenters. The number of halogens is 1. The van der Waals surface area contributed by atoms with Crippen LogP contribution in [0.25, 0.3) is 0 Å². The number of benzene rings is 1. The summed E-state index contributed by atoms with van der Waals surface area (Å²) in [6, 6.07) is 6.63. The molecule has 1 N–H and O–H groups in total. The maximum atomic E-state index is 11.3. The van der Waals surface area contributed by atoms with Crippen molar-refractivity contribution in [2.75, 3.05) is 14.2 Å². The monoisotopic (exact) mass is 243 g/mol. The number of nitrogens with one attached hydrogen (secondary N) is 1. The molecule has 0 aliphatic heterocycles. The van der Waals surface area contributed by atoms with Gasteiger partial charge in [-0.2, -0.15) is 0 Å². The van der Waals surface area contributed by atoms with Crippen LogP contribution in [0.15, 0.2) is 24.3 Å². The molecule has 1 unspecified atom stereocenters. The lowest BCUT2D eigenvalue weighted by molar-refractivity contribution is -0.143. The molecule has 1 aromatic carbocycles. The van der Waals surface area contributed by atoms with Gasteiger partial charge in [0.25, 0.3) is 0 Å². The molecule has 1 rings (SSSR count). The summed E-state index contributed by atoms with van der Waals surface area (Å²) in [4.78, 5) is 11.3. The van der Waals surface area contributed by atoms with Crippen molar-refractivity contribution in [1.82, 2.24) is 5.32 Å². The summed E-state index contributed by atoms with van der Waals surface area (Å²) in [7, 11) is 3.07. The lowest BCUT2D eigenvalue weighted by Gasteiger charge is -2.13. The van der Waals surface area contributed by atoms with Gasteiger partial charge in [0.2, 0.25) is 0 Å². The van der Waals surface area contributed by atoms with Crippen LogP contribution in [0.4, 0.5) is 0 Å². The molecule has 0 spiro atoms. The number of methoxy groups -OCH3 is 1. The minimum absolute atomic E-state index is 0.310. The van der Waals surface area contributed by atoms with Crippen LogP contribution in [0, 0.1) is 0 Å². The third kappa shape index (κ3) is 4.21. The van der Waals surface area contributed by atoms with Crippen LogP contribution in [0.3, 0.4) is 0 Å². The first kappa shape index (κ1) is 14.9. The molecule has 0 saturated heterocycles. The zero-order valence-electron chi connectivity index (χ0n) is 10.1. The first-order valence-corrected chi connectivity index (χ1v) is 5.57. The van der Waals surface area contributed by atoms with E-state index in [1.54, 1.807) is 31.3 Å². The molecule has 0 amide bonds. The first-order valence-electron chi connectivity index (χ1n) is 5.19. The first-order chi connectivity index (χ1) is 7.69. The van der Waals surface area contributed by atoms with Crippen molar-refractivity contribution in [3.63, 3.8) is 0 Å². The Balaban J connectivity index is 0.00000106. The van der Waals surface area contributed by atoms with Gasteiger partial charge in [0.15, 0.2) is 0 Å². The van der Waals surface area contributed by atoms with Gasteiger partial charge in [-0.05, 0) is 24.7 Å². The van der Waals surface area contributed by atoms with E-state index in [9.17, 15) is 4.79 Å². The highest BCUT2D eigenvalue weighted by atomic mass is 35.5. The Labute approximate surface area is 102 Å². The van der Waals surface area contributed by atoms with Crippen LogP contribution >= 0.6 is 11.6 Å². The number of rotatable bonds is 3. The number of hydrogen-bond acceptors (Lipinski definition) is 3. The second-order valence-electron chi connectivity index (χ2n) is 2.80. The van der Waals surface area contributed by atoms with Crippen molar-refractivity contribution in [3.8, 4) is 0 Å². The second-order valence-corrected chi connectivity index (χ2v) is 3.23. The fourth-order valence-electron chi connectivity index (χ4n) is 1.19. The van der Waals surface area contributed by atoms with Crippen molar-refractivity contribution in [3.05, 3.63) is 34.9 Å². The Kier molecular flexibility index (Phi) is 7.60. The Hall–Kier alpha value is -1.06. The molecule has 0 radical (unpaired) electrons. The standard InChI is InChI=1S/C10H12ClNO2.C2H6/c1-12-9(10(13)14-2)7-3-5-8(11)6-4-7;1-2/h3-6,9,12H,1-2H3;1-2H3. The van der Waals surface area contributed by atoms with Crippen LogP contribution in [0.2, 0.25) is 5.02 Å². The van der Waals surface area contributed by atoms with Crippen LogP contribution in [-0.4, -0.2) is 20.1 Å². The van der Waals surface area contributed by atoms with Gasteiger partial charge >= 0.3 is 5.97 Å². The minimum atomic E-state index is -0.433. The van der Waals surface area contributed by atoms with Gasteiger partial charge in [0.1, 0.15) is 6.04 Å². The quantitative estimate of drug-likeness (QED) is 0.830. The number of carbonyl (C=O) groups is 1. The molecule has 4 heteroatoms. The summed E-state index contributed by atoms with van der Waals surface area (Å²) in [5.41, 5.74) is 0.837. The summed E-state index contributed by atoms with van der Waals surface area (Å²) in [6.07, 6.45) is 0. The van der Waals surface area contributed by atoms with E-state index in [1.807, 2.05) is 13.8 Å². The third-order valence-corrected chi connectivity index (χ3v) is 2.18. The average Bonchev–Trinajstić information content (AvgIpc) is 2.34. The highest BCUT2D eigenvalue weighted by Crippen LogP contribution is 2.17. The van der Waals surface area contributed by atoms with E-state index in [2.05, 4.69) is 10.1 Å². The summed E-state index contributed by atoms with van der Waals surface area (Å²) in [5.74, 6) is -0.310. The molecule has 3 nitrogen and oxygen atoms in total. The fraction of sp³-hybridized carbons (Fsp3) is 0.417. The molecule has 0 heterocycles. The summed E-state index contributed by atoms with van der Waals surface area (Å²) >= 11 is 5.74. The predicted octanol–water partition coefficient (Wildman–Crippen LogP) is 2.80. The average molecular weight is 244 g/mol. The highest BCUT2D eigenvalue weighted by Gasteiger charge is 2.18. The van der Waals surface area contributed by atoms with E-state index >= 15 is 0 Å². The van der Waals surface area contributed by atoms with Crippen molar-refractivity contribution < 1.29 is 9.53 Å². The van der Waals surface area contributed by atoms with E-state index in [4.69, 9.17) is 11.6 Å². The molecular weight excluding hydrogens is 226 g/mol. The molecule has 0 fully saturated rings. The van der Waals surface area contributed by atoms with Crippen molar-refractivity contribution in [2.45, 2.75) is 19.9 Å². The van der Waals surface area contributed by atoms with E-state index in [-0.39, 0.29) is 5.97 Å². The molecule has 16 heavy (non-hydrogen) atoms. The van der Waals surface area contributed by atoms with Gasteiger partial charge in [0, 0.05) is 5.02 Å². The SMILES string of the molecule is CC.CNC(C(=O)OC)c1ccc(Cl)cc1. The van der Waals surface area contributed by atoms with Gasteiger partial charge in [0.05, 0.1) is 7.11 Å². The van der Waals surface area contributed by atoms with E-state index < -0.39 is 6.04 Å². The van der Waals surface area contributed by atoms with Crippen molar-refractivity contribution in [1.29, 1.82) is 0 Å². The van der Waals surface area contributed by atoms with Crippen molar-refractivity contribution >= 4 is 17.6 Å². The lowest BCUT2D eigenvalue weighted by atomic mass is 10.1. The molecule has 1 aromatic rings. The van der Waals surface area contributed by atoms with E-state index in [0.717, 1.165) is 5.56 Å². The Morgan fingerprint density at radius 2 is 1.81 bits per heavy atom. The zero-order valence-corrected chi connectivity index (χ0v) is 10.8. The molecular formula is C12H18ClNO2. The maximum Gasteiger partial charge on any atom is 0.327 e. The molecule has 0 aliphatic carbocycles. The topological polar surface area (TPSA) is 38.3 Å². The smallest absolute Gasteiger partial charge is 0.327 e. The summed E-state index contributed by atoms with van der Waals surface area (Å²) in [5, 5.41) is 3.52. The number of hydrogen-bond donors (Lipinski definition) is 1. The minimum Gasteiger partial charge on any atom is -0.468 e. The predicted molar refractivity (Wildman–Crippen MR) is 66.6 cm³/mol. The summed E-state index contributed by atoms with van der Waals surface area (Å²) < 4.78 is 4.65. The second kappa shape index (κ2) is 8.13. The maximum absolute atomic E-state index is 11.3. The third-order valence-electron chi connectivity index (χ3n) is 1.93. The van der Waals surface area contributed by atoms with E-state index in [1.165, 1.54) is 7.11 Å². The fourth-order valence-corrected chi connectivity index (χ4v) is 1.32. The highest BCUT2D eigenvalue weighted by molar-refractivity contribution is 6.30. The van der Waals surface area contributed by atoms with E-state index in [0.29, 0.717) is 5.02 Å². The summed E-state index contributed by atoms with van der Waals surface area (Å²) in [6.45, 7) is 4.00. The largest absolute Gasteiger partial charge is 0.468 e. The van der Waals surface area contributed by atoms with Crippen molar-refractivity contribution in [2.24, 2.45) is 0 Å². The molecule has 0 saturated carbocycles. The molecule has 0 aromatic heterocycles. The van der Waals surface area contributed by atoms with Gasteiger partial charge < -0.3 is 10.1 Å². The van der Waals surface area contributed by atoms with Gasteiger partial charge in [-0.15, -0.1) is 0 Å². The van der Waals surface area contributed by atoms with Crippen LogP contribution < -0.4 is 5.32 Å². The van der Waals surface area contributed by atoms with Gasteiger partial charge in [-0.1, -0.05) is 37.6 Å². The van der Waals surface area contributed by atoms with Gasteiger partial charge in [-0.25, -0.2) is 4.79 Å². The normalized spacial score (nSPS) is 11.1. The zero-order chi connectivity index (χ0) is 12.6. The Morgan fingerprint density at radius 3 is 2.19 bits per heavy atom. The Morgan fingerprint density at radius 1 is 1.31 bits per heavy atom. The number of likely N-dealkylation sites (N-methyl/N-ethyl adjacent to an activating group) is 1. The molecule has 90 valence electrons. The van der Waals surface area contributed by atoms with Crippen LogP contribution in [-0.2, 0) is 9.53 Å². The van der Waals surface area contributed by atoms with Crippen LogP contribution in [0.5, 0.6) is 0 Å². The Bertz CT molecular complexity index is 311.